The van der Waals surface area contributed by atoms with Crippen LogP contribution in [0.15, 0.2) is 24.3 Å². The number of benzene rings is 1. The SMILES string of the molecule is C#CC.C#CC(CCNC=O)Cn1c(C#N)cc2c(C)c(CN3CCC4(CCN(c5nc(NC)nc6sc(CC(F)(F)F)cc56)C4)C3)ccc21.CCC. The van der Waals surface area contributed by atoms with Crippen LogP contribution < -0.4 is 15.5 Å². The Morgan fingerprint density at radius 3 is 2.49 bits per heavy atom. The molecule has 2 N–H and O–H groups in total. The second-order valence-corrected chi connectivity index (χ2v) is 14.8. The lowest BCUT2D eigenvalue weighted by molar-refractivity contribution is -0.126. The highest BCUT2D eigenvalue weighted by molar-refractivity contribution is 7.18. The number of thiophene rings is 1. The maximum atomic E-state index is 13.2. The number of aromatic nitrogens is 3. The van der Waals surface area contributed by atoms with Gasteiger partial charge in [0.25, 0.3) is 0 Å². The van der Waals surface area contributed by atoms with Crippen molar-refractivity contribution in [3.63, 3.8) is 0 Å². The van der Waals surface area contributed by atoms with Crippen molar-refractivity contribution in [2.45, 2.75) is 79.1 Å². The fourth-order valence-electron chi connectivity index (χ4n) is 7.19. The van der Waals surface area contributed by atoms with Crippen LogP contribution in [0.1, 0.15) is 68.2 Å². The summed E-state index contributed by atoms with van der Waals surface area (Å²) >= 11 is 1.08. The van der Waals surface area contributed by atoms with Crippen LogP contribution in [0, 0.1) is 54.3 Å². The molecular formula is C40H49F3N8OS. The summed E-state index contributed by atoms with van der Waals surface area (Å²) in [5, 5.41) is 17.3. The van der Waals surface area contributed by atoms with Gasteiger partial charge in [-0.3, -0.25) is 9.69 Å². The minimum atomic E-state index is -4.28. The van der Waals surface area contributed by atoms with Crippen molar-refractivity contribution >= 4 is 50.6 Å². The highest BCUT2D eigenvalue weighted by Crippen LogP contribution is 2.44. The topological polar surface area (TPSA) is 102 Å². The number of halogens is 3. The number of terminal acetylenes is 2. The molecule has 0 aliphatic carbocycles. The number of anilines is 2. The molecule has 5 heterocycles. The van der Waals surface area contributed by atoms with Gasteiger partial charge in [-0.1, -0.05) is 26.3 Å². The lowest BCUT2D eigenvalue weighted by Gasteiger charge is -2.26. The smallest absolute Gasteiger partial charge is 0.359 e. The standard InChI is InChI=1S/C34H37F3N8OS.C3H8.C3H4/c1-4-23(7-10-40-21-46)17-45-25(16-38)13-27-22(2)24(5-6-29(27)45)18-43-11-8-33(19-43)9-12-44(20-33)30-28-14-26(15-34(35,36)37)47-31(28)42-32(39-3)41-30;2*1-3-2/h1,5-6,13-14,21,23H,7-12,15,17-20H2,2-3H3,(H,40,46)(H,39,41,42);3H2,1-2H3;1H,2H3. The van der Waals surface area contributed by atoms with Crippen LogP contribution in [0.25, 0.3) is 21.1 Å². The number of hydrogen-bond donors (Lipinski definition) is 2. The number of amides is 1. The Morgan fingerprint density at radius 2 is 1.85 bits per heavy atom. The van der Waals surface area contributed by atoms with Crippen LogP contribution in [0.5, 0.6) is 0 Å². The highest BCUT2D eigenvalue weighted by atomic mass is 32.1. The number of likely N-dealkylation sites (tertiary alicyclic amines) is 1. The first-order valence-corrected chi connectivity index (χ1v) is 18.7. The van der Waals surface area contributed by atoms with Crippen LogP contribution in [-0.4, -0.2) is 71.8 Å². The number of aryl methyl sites for hydroxylation is 1. The zero-order valence-electron chi connectivity index (χ0n) is 31.2. The third-order valence-corrected chi connectivity index (χ3v) is 10.6. The first-order chi connectivity index (χ1) is 25.4. The first kappa shape index (κ1) is 41.0. The molecule has 53 heavy (non-hydrogen) atoms. The number of fused-ring (bicyclic) bond motifs is 2. The van der Waals surface area contributed by atoms with E-state index in [1.165, 1.54) is 12.0 Å². The summed E-state index contributed by atoms with van der Waals surface area (Å²) in [5.41, 5.74) is 3.95. The van der Waals surface area contributed by atoms with E-state index in [-0.39, 0.29) is 16.2 Å². The molecule has 2 saturated heterocycles. The van der Waals surface area contributed by atoms with Crippen LogP contribution >= 0.6 is 11.3 Å². The zero-order valence-corrected chi connectivity index (χ0v) is 32.1. The van der Waals surface area contributed by atoms with Gasteiger partial charge in [-0.05, 0) is 69.0 Å². The number of nitriles is 1. The van der Waals surface area contributed by atoms with Crippen molar-refractivity contribution in [1.82, 2.24) is 24.8 Å². The third kappa shape index (κ3) is 10.0. The predicted molar refractivity (Wildman–Crippen MR) is 209 cm³/mol. The van der Waals surface area contributed by atoms with Crippen molar-refractivity contribution in [2.24, 2.45) is 11.3 Å². The van der Waals surface area contributed by atoms with Gasteiger partial charge in [-0.2, -0.15) is 23.4 Å². The van der Waals surface area contributed by atoms with Gasteiger partial charge >= 0.3 is 6.18 Å². The van der Waals surface area contributed by atoms with Gasteiger partial charge in [0.05, 0.1) is 11.8 Å². The van der Waals surface area contributed by atoms with E-state index in [4.69, 9.17) is 11.4 Å². The Kier molecular flexibility index (Phi) is 14.2. The first-order valence-electron chi connectivity index (χ1n) is 17.9. The van der Waals surface area contributed by atoms with Crippen molar-refractivity contribution in [1.29, 1.82) is 5.26 Å². The second-order valence-electron chi connectivity index (χ2n) is 13.7. The molecular weight excluding hydrogens is 698 g/mol. The van der Waals surface area contributed by atoms with E-state index in [1.807, 2.05) is 10.6 Å². The quantitative estimate of drug-likeness (QED) is 0.0931. The molecule has 1 amide bonds. The average molecular weight is 747 g/mol. The number of hydrogen-bond acceptors (Lipinski definition) is 8. The summed E-state index contributed by atoms with van der Waals surface area (Å²) < 4.78 is 41.5. The molecule has 6 rings (SSSR count). The highest BCUT2D eigenvalue weighted by Gasteiger charge is 2.44. The molecule has 1 spiro atoms. The number of alkyl halides is 3. The van der Waals surface area contributed by atoms with Crippen molar-refractivity contribution in [2.75, 3.05) is 50.0 Å². The minimum absolute atomic E-state index is 0.0696. The molecule has 282 valence electrons. The maximum absolute atomic E-state index is 13.2. The molecule has 0 saturated carbocycles. The van der Waals surface area contributed by atoms with E-state index in [0.29, 0.717) is 53.6 Å². The summed E-state index contributed by atoms with van der Waals surface area (Å²) in [6.45, 7) is 13.2. The van der Waals surface area contributed by atoms with Crippen LogP contribution in [0.2, 0.25) is 0 Å². The fraction of sp³-hybridized carbons (Fsp3) is 0.500. The van der Waals surface area contributed by atoms with Gasteiger partial charge in [0.2, 0.25) is 12.4 Å². The molecule has 13 heteroatoms. The van der Waals surface area contributed by atoms with E-state index in [2.05, 4.69) is 82.7 Å². The molecule has 3 aromatic heterocycles. The molecule has 2 unspecified atom stereocenters. The Balaban J connectivity index is 0.000000980. The molecule has 2 aliphatic heterocycles. The summed E-state index contributed by atoms with van der Waals surface area (Å²) in [7, 11) is 1.72. The van der Waals surface area contributed by atoms with Crippen LogP contribution in [0.4, 0.5) is 24.9 Å². The van der Waals surface area contributed by atoms with Crippen molar-refractivity contribution < 1.29 is 18.0 Å². The molecule has 4 aromatic rings. The maximum Gasteiger partial charge on any atom is 0.393 e. The number of carbonyl (C=O) groups is 1. The number of rotatable bonds is 11. The van der Waals surface area contributed by atoms with Gasteiger partial charge in [-0.15, -0.1) is 36.0 Å². The van der Waals surface area contributed by atoms with Crippen LogP contribution in [-0.2, 0) is 24.3 Å². The Hall–Kier alpha value is -4.77. The largest absolute Gasteiger partial charge is 0.393 e. The third-order valence-electron chi connectivity index (χ3n) is 9.61. The lowest BCUT2D eigenvalue weighted by Crippen LogP contribution is -2.31. The Bertz CT molecular complexity index is 2000. The van der Waals surface area contributed by atoms with Crippen molar-refractivity contribution in [3.8, 4) is 30.8 Å². The molecule has 1 aromatic carbocycles. The minimum Gasteiger partial charge on any atom is -0.359 e. The zero-order chi connectivity index (χ0) is 38.8. The Labute approximate surface area is 315 Å². The molecule has 2 atom stereocenters. The monoisotopic (exact) mass is 746 g/mol. The molecule has 0 radical (unpaired) electrons. The summed E-state index contributed by atoms with van der Waals surface area (Å²) in [4.78, 5) is 25.3. The molecule has 2 fully saturated rings. The van der Waals surface area contributed by atoms with E-state index in [0.717, 1.165) is 73.4 Å². The summed E-state index contributed by atoms with van der Waals surface area (Å²) in [6.07, 6.45) is 9.67. The Morgan fingerprint density at radius 1 is 1.13 bits per heavy atom. The van der Waals surface area contributed by atoms with E-state index in [9.17, 15) is 23.2 Å². The van der Waals surface area contributed by atoms with E-state index in [1.54, 1.807) is 20.0 Å². The molecule has 2 aliphatic rings. The van der Waals surface area contributed by atoms with Crippen molar-refractivity contribution in [3.05, 3.63) is 46.0 Å². The molecule has 0 bridgehead atoms. The summed E-state index contributed by atoms with van der Waals surface area (Å²) in [6, 6.07) is 10.1. The summed E-state index contributed by atoms with van der Waals surface area (Å²) in [5.74, 6) is 6.04. The van der Waals surface area contributed by atoms with Gasteiger partial charge in [-0.25, -0.2) is 4.98 Å². The van der Waals surface area contributed by atoms with Gasteiger partial charge < -0.3 is 20.1 Å². The van der Waals surface area contributed by atoms with E-state index < -0.39 is 12.6 Å². The fourth-order valence-corrected chi connectivity index (χ4v) is 8.25. The average Bonchev–Trinajstić information content (AvgIpc) is 3.90. The predicted octanol–water partition coefficient (Wildman–Crippen LogP) is 7.52. The van der Waals surface area contributed by atoms with E-state index >= 15 is 0 Å². The van der Waals surface area contributed by atoms with Gasteiger partial charge in [0.15, 0.2) is 0 Å². The number of nitrogens with zero attached hydrogens (tertiary/aromatic N) is 6. The van der Waals surface area contributed by atoms with Crippen LogP contribution in [0.3, 0.4) is 0 Å². The molecule has 9 nitrogen and oxygen atoms in total. The number of nitrogens with one attached hydrogen (secondary N) is 2. The normalized spacial score (nSPS) is 17.3. The number of carbonyl (C=O) groups excluding carboxylic acids is 1. The lowest BCUT2D eigenvalue weighted by atomic mass is 9.86. The van der Waals surface area contributed by atoms with Gasteiger partial charge in [0.1, 0.15) is 22.4 Å². The second kappa shape index (κ2) is 18.3. The van der Waals surface area contributed by atoms with Gasteiger partial charge in [0, 0.05) is 73.4 Å².